The van der Waals surface area contributed by atoms with Gasteiger partial charge in [0, 0.05) is 18.7 Å². The third kappa shape index (κ3) is 5.47. The standard InChI is InChI=1S/C13H20N2O2/c1-10(16)6-7-13(17)15-12-5-3-4-11(8-12)9-14-2/h3-5,8,10,14,16H,6-7,9H2,1-2H3,(H,15,17). The van der Waals surface area contributed by atoms with E-state index in [1.54, 1.807) is 6.92 Å². The Morgan fingerprint density at radius 3 is 2.88 bits per heavy atom. The quantitative estimate of drug-likeness (QED) is 0.701. The zero-order valence-corrected chi connectivity index (χ0v) is 10.4. The number of carbonyl (C=O) groups excluding carboxylic acids is 1. The molecule has 3 N–H and O–H groups in total. The fourth-order valence-electron chi connectivity index (χ4n) is 1.53. The summed E-state index contributed by atoms with van der Waals surface area (Å²) in [5.74, 6) is -0.0625. The molecule has 1 rings (SSSR count). The van der Waals surface area contributed by atoms with Crippen LogP contribution < -0.4 is 10.6 Å². The number of benzene rings is 1. The molecule has 0 radical (unpaired) electrons. The lowest BCUT2D eigenvalue weighted by Gasteiger charge is -2.08. The number of amides is 1. The minimum atomic E-state index is -0.434. The van der Waals surface area contributed by atoms with Gasteiger partial charge in [-0.2, -0.15) is 0 Å². The predicted molar refractivity (Wildman–Crippen MR) is 68.8 cm³/mol. The second kappa shape index (κ2) is 7.04. The minimum absolute atomic E-state index is 0.0625. The Labute approximate surface area is 102 Å². The van der Waals surface area contributed by atoms with Crippen molar-refractivity contribution in [2.45, 2.75) is 32.4 Å². The second-order valence-corrected chi connectivity index (χ2v) is 4.17. The Kier molecular flexibility index (Phi) is 5.66. The van der Waals surface area contributed by atoms with Gasteiger partial charge in [-0.3, -0.25) is 4.79 Å². The lowest BCUT2D eigenvalue weighted by Crippen LogP contribution is -2.14. The molecule has 17 heavy (non-hydrogen) atoms. The number of aliphatic hydroxyl groups is 1. The zero-order chi connectivity index (χ0) is 12.7. The van der Waals surface area contributed by atoms with Crippen molar-refractivity contribution in [3.8, 4) is 0 Å². The smallest absolute Gasteiger partial charge is 0.224 e. The highest BCUT2D eigenvalue weighted by molar-refractivity contribution is 5.90. The molecular weight excluding hydrogens is 216 g/mol. The predicted octanol–water partition coefficient (Wildman–Crippen LogP) is 1.51. The molecule has 1 atom stereocenters. The van der Waals surface area contributed by atoms with Gasteiger partial charge in [-0.1, -0.05) is 12.1 Å². The van der Waals surface area contributed by atoms with E-state index in [0.29, 0.717) is 12.8 Å². The van der Waals surface area contributed by atoms with Gasteiger partial charge in [0.05, 0.1) is 6.10 Å². The third-order valence-electron chi connectivity index (χ3n) is 2.38. The molecule has 4 heteroatoms. The van der Waals surface area contributed by atoms with Crippen LogP contribution in [-0.4, -0.2) is 24.2 Å². The van der Waals surface area contributed by atoms with Crippen LogP contribution in [0, 0.1) is 0 Å². The van der Waals surface area contributed by atoms with Crippen molar-refractivity contribution in [1.29, 1.82) is 0 Å². The molecule has 0 aliphatic heterocycles. The maximum atomic E-state index is 11.5. The Morgan fingerprint density at radius 1 is 1.47 bits per heavy atom. The van der Waals surface area contributed by atoms with Crippen molar-refractivity contribution in [1.82, 2.24) is 5.32 Å². The molecule has 0 saturated carbocycles. The first-order valence-electron chi connectivity index (χ1n) is 5.83. The first-order chi connectivity index (χ1) is 8.11. The van der Waals surface area contributed by atoms with Crippen molar-refractivity contribution < 1.29 is 9.90 Å². The van der Waals surface area contributed by atoms with Crippen LogP contribution in [0.2, 0.25) is 0 Å². The van der Waals surface area contributed by atoms with Crippen LogP contribution in [0.5, 0.6) is 0 Å². The van der Waals surface area contributed by atoms with Crippen molar-refractivity contribution in [3.05, 3.63) is 29.8 Å². The molecule has 0 aliphatic carbocycles. The lowest BCUT2D eigenvalue weighted by atomic mass is 10.2. The first-order valence-corrected chi connectivity index (χ1v) is 5.83. The van der Waals surface area contributed by atoms with Gasteiger partial charge < -0.3 is 15.7 Å². The molecule has 1 amide bonds. The molecule has 4 nitrogen and oxygen atoms in total. The van der Waals surface area contributed by atoms with E-state index < -0.39 is 6.10 Å². The number of anilines is 1. The Hall–Kier alpha value is -1.39. The van der Waals surface area contributed by atoms with E-state index in [-0.39, 0.29) is 5.91 Å². The van der Waals surface area contributed by atoms with Crippen LogP contribution in [0.1, 0.15) is 25.3 Å². The van der Waals surface area contributed by atoms with Gasteiger partial charge in [0.1, 0.15) is 0 Å². The second-order valence-electron chi connectivity index (χ2n) is 4.17. The summed E-state index contributed by atoms with van der Waals surface area (Å²) in [6.07, 6.45) is 0.395. The highest BCUT2D eigenvalue weighted by Crippen LogP contribution is 2.11. The Morgan fingerprint density at radius 2 is 2.24 bits per heavy atom. The van der Waals surface area contributed by atoms with E-state index >= 15 is 0 Å². The van der Waals surface area contributed by atoms with Crippen molar-refractivity contribution in [2.75, 3.05) is 12.4 Å². The van der Waals surface area contributed by atoms with Crippen molar-refractivity contribution in [3.63, 3.8) is 0 Å². The van der Waals surface area contributed by atoms with E-state index in [1.807, 2.05) is 31.3 Å². The largest absolute Gasteiger partial charge is 0.393 e. The van der Waals surface area contributed by atoms with Gasteiger partial charge in [0.25, 0.3) is 0 Å². The maximum Gasteiger partial charge on any atom is 0.224 e. The molecule has 0 aliphatic rings. The average molecular weight is 236 g/mol. The monoisotopic (exact) mass is 236 g/mol. The molecule has 0 spiro atoms. The van der Waals surface area contributed by atoms with Crippen LogP contribution in [0.15, 0.2) is 24.3 Å². The molecule has 1 unspecified atom stereocenters. The number of rotatable bonds is 6. The molecule has 1 aromatic carbocycles. The molecule has 0 fully saturated rings. The summed E-state index contributed by atoms with van der Waals surface area (Å²) in [5, 5.41) is 15.0. The maximum absolute atomic E-state index is 11.5. The minimum Gasteiger partial charge on any atom is -0.393 e. The fraction of sp³-hybridized carbons (Fsp3) is 0.462. The lowest BCUT2D eigenvalue weighted by molar-refractivity contribution is -0.116. The topological polar surface area (TPSA) is 61.4 Å². The van der Waals surface area contributed by atoms with Crippen LogP contribution in [0.4, 0.5) is 5.69 Å². The Balaban J connectivity index is 2.50. The van der Waals surface area contributed by atoms with Crippen molar-refractivity contribution >= 4 is 11.6 Å². The number of hydrogen-bond acceptors (Lipinski definition) is 3. The number of nitrogens with one attached hydrogen (secondary N) is 2. The first kappa shape index (κ1) is 13.7. The molecular formula is C13H20N2O2. The van der Waals surface area contributed by atoms with Gasteiger partial charge in [0.2, 0.25) is 5.91 Å². The van der Waals surface area contributed by atoms with Gasteiger partial charge in [-0.15, -0.1) is 0 Å². The summed E-state index contributed by atoms with van der Waals surface area (Å²) in [7, 11) is 1.88. The van der Waals surface area contributed by atoms with Crippen LogP contribution in [0.25, 0.3) is 0 Å². The molecule has 0 bridgehead atoms. The highest BCUT2D eigenvalue weighted by Gasteiger charge is 2.05. The van der Waals surface area contributed by atoms with Crippen LogP contribution in [0.3, 0.4) is 0 Å². The fourth-order valence-corrected chi connectivity index (χ4v) is 1.53. The summed E-state index contributed by atoms with van der Waals surface area (Å²) in [6.45, 7) is 2.46. The van der Waals surface area contributed by atoms with Gasteiger partial charge >= 0.3 is 0 Å². The molecule has 0 heterocycles. The number of carbonyl (C=O) groups is 1. The molecule has 0 saturated heterocycles. The third-order valence-corrected chi connectivity index (χ3v) is 2.38. The summed E-state index contributed by atoms with van der Waals surface area (Å²) in [4.78, 5) is 11.5. The highest BCUT2D eigenvalue weighted by atomic mass is 16.3. The average Bonchev–Trinajstić information content (AvgIpc) is 2.27. The van der Waals surface area contributed by atoms with E-state index in [1.165, 1.54) is 0 Å². The van der Waals surface area contributed by atoms with Gasteiger partial charge in [-0.05, 0) is 38.1 Å². The summed E-state index contributed by atoms with van der Waals surface area (Å²) in [5.41, 5.74) is 1.93. The van der Waals surface area contributed by atoms with E-state index in [4.69, 9.17) is 5.11 Å². The summed E-state index contributed by atoms with van der Waals surface area (Å²) >= 11 is 0. The zero-order valence-electron chi connectivity index (χ0n) is 10.4. The number of hydrogen-bond donors (Lipinski definition) is 3. The van der Waals surface area contributed by atoms with Crippen LogP contribution >= 0.6 is 0 Å². The number of aliphatic hydroxyl groups excluding tert-OH is 1. The summed E-state index contributed by atoms with van der Waals surface area (Å²) in [6, 6.07) is 7.72. The Bertz CT molecular complexity index is 364. The van der Waals surface area contributed by atoms with E-state index in [0.717, 1.165) is 17.8 Å². The van der Waals surface area contributed by atoms with Gasteiger partial charge in [0.15, 0.2) is 0 Å². The normalized spacial score (nSPS) is 12.2. The molecule has 0 aromatic heterocycles. The van der Waals surface area contributed by atoms with Gasteiger partial charge in [-0.25, -0.2) is 0 Å². The van der Waals surface area contributed by atoms with Crippen molar-refractivity contribution in [2.24, 2.45) is 0 Å². The molecule has 94 valence electrons. The van der Waals surface area contributed by atoms with E-state index in [9.17, 15) is 4.79 Å². The molecule has 1 aromatic rings. The van der Waals surface area contributed by atoms with Crippen LogP contribution in [-0.2, 0) is 11.3 Å². The SMILES string of the molecule is CNCc1cccc(NC(=O)CCC(C)O)c1. The summed E-state index contributed by atoms with van der Waals surface area (Å²) < 4.78 is 0. The van der Waals surface area contributed by atoms with E-state index in [2.05, 4.69) is 10.6 Å².